The number of anilines is 1. The second-order valence-corrected chi connectivity index (χ2v) is 7.03. The molecule has 0 fully saturated rings. The van der Waals surface area contributed by atoms with E-state index in [-0.39, 0.29) is 6.04 Å². The van der Waals surface area contributed by atoms with E-state index < -0.39 is 0 Å². The number of hydrogen-bond donors (Lipinski definition) is 0. The Morgan fingerprint density at radius 1 is 1.08 bits per heavy atom. The number of hydrogen-bond acceptors (Lipinski definition) is 3. The average molecular weight is 316 g/mol. The molecule has 1 aromatic heterocycles. The van der Waals surface area contributed by atoms with Crippen molar-refractivity contribution in [3.63, 3.8) is 0 Å². The van der Waals surface area contributed by atoms with Crippen LogP contribution in [0.4, 0.5) is 5.69 Å². The quantitative estimate of drug-likeness (QED) is 0.672. The molecule has 4 heteroatoms. The first-order valence-electron chi connectivity index (χ1n) is 8.60. The summed E-state index contributed by atoms with van der Waals surface area (Å²) in [6, 6.07) is 15.9. The van der Waals surface area contributed by atoms with E-state index in [2.05, 4.69) is 83.1 Å². The van der Waals surface area contributed by atoms with E-state index in [1.807, 2.05) is 0 Å². The largest absolute Gasteiger partial charge is 0.364 e. The molecule has 0 saturated carbocycles. The molecule has 120 valence electrons. The van der Waals surface area contributed by atoms with Crippen molar-refractivity contribution >= 4 is 5.69 Å². The van der Waals surface area contributed by atoms with Crippen molar-refractivity contribution in [3.05, 3.63) is 53.6 Å². The molecule has 3 heterocycles. The third kappa shape index (κ3) is 1.63. The van der Waals surface area contributed by atoms with Gasteiger partial charge < -0.3 is 4.90 Å². The molecule has 0 amide bonds. The van der Waals surface area contributed by atoms with E-state index in [9.17, 15) is 0 Å². The van der Waals surface area contributed by atoms with Gasteiger partial charge >= 0.3 is 0 Å². The van der Waals surface area contributed by atoms with E-state index in [1.165, 1.54) is 33.6 Å². The Labute approximate surface area is 141 Å². The zero-order valence-corrected chi connectivity index (χ0v) is 14.2. The van der Waals surface area contributed by atoms with E-state index in [0.29, 0.717) is 6.04 Å². The standard InChI is InChI=1S/C20H20N4/c1-12(2)23-11-14-7-4-5-8-16(14)19-20-18-15(9-6-10-17(18)23)13(3)24(20)22-21-19/h4-10,12-13H,11H2,1-3H3. The van der Waals surface area contributed by atoms with Gasteiger partial charge in [0.2, 0.25) is 0 Å². The smallest absolute Gasteiger partial charge is 0.121 e. The molecule has 0 N–H and O–H groups in total. The fourth-order valence-corrected chi connectivity index (χ4v) is 4.13. The van der Waals surface area contributed by atoms with Gasteiger partial charge in [-0.25, -0.2) is 4.68 Å². The molecule has 0 aliphatic carbocycles. The molecular formula is C20H20N4. The summed E-state index contributed by atoms with van der Waals surface area (Å²) < 4.78 is 2.09. The van der Waals surface area contributed by atoms with Crippen LogP contribution < -0.4 is 4.90 Å². The Morgan fingerprint density at radius 2 is 1.92 bits per heavy atom. The highest BCUT2D eigenvalue weighted by Crippen LogP contribution is 2.50. The van der Waals surface area contributed by atoms with Crippen molar-refractivity contribution in [2.75, 3.05) is 4.90 Å². The van der Waals surface area contributed by atoms with Crippen LogP contribution in [0.3, 0.4) is 0 Å². The molecule has 0 radical (unpaired) electrons. The number of fused-ring (bicyclic) bond motifs is 2. The zero-order chi connectivity index (χ0) is 16.4. The molecule has 5 rings (SSSR count). The molecule has 3 aromatic rings. The first-order valence-corrected chi connectivity index (χ1v) is 8.60. The van der Waals surface area contributed by atoms with Crippen LogP contribution >= 0.6 is 0 Å². The van der Waals surface area contributed by atoms with Crippen LogP contribution in [0.25, 0.3) is 22.5 Å². The molecule has 1 unspecified atom stereocenters. The van der Waals surface area contributed by atoms with Crippen molar-refractivity contribution in [2.45, 2.75) is 39.4 Å². The third-order valence-electron chi connectivity index (χ3n) is 5.37. The maximum absolute atomic E-state index is 4.56. The van der Waals surface area contributed by atoms with Gasteiger partial charge in [-0.3, -0.25) is 0 Å². The van der Waals surface area contributed by atoms with E-state index in [0.717, 1.165) is 12.2 Å². The highest BCUT2D eigenvalue weighted by atomic mass is 15.5. The average Bonchev–Trinajstić information content (AvgIpc) is 3.11. The van der Waals surface area contributed by atoms with Gasteiger partial charge in [0.05, 0.1) is 11.7 Å². The zero-order valence-electron chi connectivity index (χ0n) is 14.2. The highest BCUT2D eigenvalue weighted by molar-refractivity contribution is 5.92. The van der Waals surface area contributed by atoms with Crippen LogP contribution in [-0.4, -0.2) is 21.0 Å². The first-order chi connectivity index (χ1) is 11.7. The van der Waals surface area contributed by atoms with E-state index >= 15 is 0 Å². The molecule has 2 aliphatic heterocycles. The normalized spacial score (nSPS) is 17.5. The molecule has 1 atom stereocenters. The lowest BCUT2D eigenvalue weighted by Gasteiger charge is -2.33. The fourth-order valence-electron chi connectivity index (χ4n) is 4.13. The minimum Gasteiger partial charge on any atom is -0.364 e. The predicted molar refractivity (Wildman–Crippen MR) is 96.0 cm³/mol. The number of aromatic nitrogens is 3. The van der Waals surface area contributed by atoms with Crippen molar-refractivity contribution in [1.29, 1.82) is 0 Å². The molecule has 0 spiro atoms. The summed E-state index contributed by atoms with van der Waals surface area (Å²) in [5.41, 5.74) is 8.67. The summed E-state index contributed by atoms with van der Waals surface area (Å²) in [5.74, 6) is 0. The Balaban J connectivity index is 1.92. The highest BCUT2D eigenvalue weighted by Gasteiger charge is 2.36. The van der Waals surface area contributed by atoms with Crippen molar-refractivity contribution in [3.8, 4) is 22.5 Å². The van der Waals surface area contributed by atoms with Crippen LogP contribution in [0.5, 0.6) is 0 Å². The lowest BCUT2D eigenvalue weighted by atomic mass is 9.93. The number of rotatable bonds is 1. The fraction of sp³-hybridized carbons (Fsp3) is 0.300. The van der Waals surface area contributed by atoms with Gasteiger partial charge in [0.25, 0.3) is 0 Å². The van der Waals surface area contributed by atoms with Crippen LogP contribution in [0.1, 0.15) is 37.9 Å². The summed E-state index contributed by atoms with van der Waals surface area (Å²) in [7, 11) is 0. The molecule has 2 aliphatic rings. The van der Waals surface area contributed by atoms with Crippen LogP contribution in [0, 0.1) is 0 Å². The van der Waals surface area contributed by atoms with Crippen molar-refractivity contribution in [2.24, 2.45) is 0 Å². The van der Waals surface area contributed by atoms with Gasteiger partial charge in [0.15, 0.2) is 0 Å². The lowest BCUT2D eigenvalue weighted by Crippen LogP contribution is -2.31. The predicted octanol–water partition coefficient (Wildman–Crippen LogP) is 4.26. The number of benzene rings is 2. The maximum atomic E-state index is 4.56. The minimum absolute atomic E-state index is 0.232. The van der Waals surface area contributed by atoms with Gasteiger partial charge in [-0.05, 0) is 38.0 Å². The Bertz CT molecular complexity index is 954. The van der Waals surface area contributed by atoms with Crippen molar-refractivity contribution < 1.29 is 0 Å². The summed E-state index contributed by atoms with van der Waals surface area (Å²) in [5, 5.41) is 9.05. The first kappa shape index (κ1) is 13.8. The van der Waals surface area contributed by atoms with E-state index in [1.54, 1.807) is 0 Å². The Hall–Kier alpha value is -2.62. The third-order valence-corrected chi connectivity index (χ3v) is 5.37. The molecule has 2 aromatic carbocycles. The van der Waals surface area contributed by atoms with Crippen LogP contribution in [0.2, 0.25) is 0 Å². The monoisotopic (exact) mass is 316 g/mol. The Kier molecular flexibility index (Phi) is 2.70. The van der Waals surface area contributed by atoms with Crippen LogP contribution in [0.15, 0.2) is 42.5 Å². The number of nitrogens with zero attached hydrogens (tertiary/aromatic N) is 4. The van der Waals surface area contributed by atoms with Gasteiger partial charge in [0, 0.05) is 29.4 Å². The SMILES string of the molecule is CC(C)N1Cc2ccccc2-c2nnn3c2-c2c(cccc21)C3C. The van der Waals surface area contributed by atoms with Gasteiger partial charge in [-0.1, -0.05) is 41.6 Å². The molecular weight excluding hydrogens is 296 g/mol. The van der Waals surface area contributed by atoms with E-state index in [4.69, 9.17) is 0 Å². The van der Waals surface area contributed by atoms with Gasteiger partial charge in [-0.2, -0.15) is 0 Å². The van der Waals surface area contributed by atoms with Crippen molar-refractivity contribution in [1.82, 2.24) is 15.0 Å². The van der Waals surface area contributed by atoms with Gasteiger partial charge in [-0.15, -0.1) is 5.10 Å². The van der Waals surface area contributed by atoms with Gasteiger partial charge in [0.1, 0.15) is 5.69 Å². The molecule has 0 saturated heterocycles. The molecule has 4 nitrogen and oxygen atoms in total. The molecule has 24 heavy (non-hydrogen) atoms. The second-order valence-electron chi connectivity index (χ2n) is 7.03. The summed E-state index contributed by atoms with van der Waals surface area (Å²) >= 11 is 0. The second kappa shape index (κ2) is 4.69. The maximum Gasteiger partial charge on any atom is 0.121 e. The Morgan fingerprint density at radius 3 is 2.75 bits per heavy atom. The summed E-state index contributed by atoms with van der Waals surface area (Å²) in [6.07, 6.45) is 0. The lowest BCUT2D eigenvalue weighted by molar-refractivity contribution is 0.568. The summed E-state index contributed by atoms with van der Waals surface area (Å²) in [4.78, 5) is 2.50. The minimum atomic E-state index is 0.232. The molecule has 0 bridgehead atoms. The van der Waals surface area contributed by atoms with Crippen LogP contribution in [-0.2, 0) is 6.54 Å². The summed E-state index contributed by atoms with van der Waals surface area (Å²) in [6.45, 7) is 7.63. The topological polar surface area (TPSA) is 34.0 Å².